The maximum absolute atomic E-state index is 11.4. The van der Waals surface area contributed by atoms with Gasteiger partial charge >= 0.3 is 0 Å². The molecule has 1 rings (SSSR count). The van der Waals surface area contributed by atoms with Gasteiger partial charge in [-0.2, -0.15) is 0 Å². The molecule has 0 aliphatic rings. The van der Waals surface area contributed by atoms with E-state index in [9.17, 15) is 14.9 Å². The van der Waals surface area contributed by atoms with Gasteiger partial charge in [0, 0.05) is 18.2 Å². The van der Waals surface area contributed by atoms with Crippen LogP contribution >= 0.6 is 0 Å². The average molecular weight is 252 g/mol. The van der Waals surface area contributed by atoms with Crippen molar-refractivity contribution in [3.05, 3.63) is 34.4 Å². The van der Waals surface area contributed by atoms with E-state index >= 15 is 0 Å². The molecule has 0 saturated carbocycles. The molecule has 0 fully saturated rings. The van der Waals surface area contributed by atoms with Crippen molar-refractivity contribution in [2.75, 3.05) is 6.61 Å². The molecule has 0 spiro atoms. The number of benzene rings is 1. The third-order valence-electron chi connectivity index (χ3n) is 2.44. The van der Waals surface area contributed by atoms with Gasteiger partial charge in [-0.25, -0.2) is 0 Å². The Kier molecular flexibility index (Phi) is 5.10. The number of ether oxygens (including phenoxy) is 1. The summed E-state index contributed by atoms with van der Waals surface area (Å²) in [5.74, 6) is 0.225. The van der Waals surface area contributed by atoms with Gasteiger partial charge in [-0.15, -0.1) is 0 Å². The third kappa shape index (κ3) is 4.40. The van der Waals surface area contributed by atoms with Crippen LogP contribution in [0.5, 0.6) is 5.75 Å². The number of nitrogens with one attached hydrogen (secondary N) is 1. The summed E-state index contributed by atoms with van der Waals surface area (Å²) in [6.07, 6.45) is 0.850. The zero-order chi connectivity index (χ0) is 13.5. The number of carbonyl (C=O) groups excluding carboxylic acids is 1. The van der Waals surface area contributed by atoms with Gasteiger partial charge in [0.15, 0.2) is 6.61 Å². The Morgan fingerprint density at radius 1 is 1.44 bits per heavy atom. The Morgan fingerprint density at radius 2 is 2.06 bits per heavy atom. The van der Waals surface area contributed by atoms with Crippen molar-refractivity contribution in [3.63, 3.8) is 0 Å². The van der Waals surface area contributed by atoms with Crippen LogP contribution in [0.1, 0.15) is 20.3 Å². The molecule has 6 heteroatoms. The van der Waals surface area contributed by atoms with E-state index in [2.05, 4.69) is 5.32 Å². The Morgan fingerprint density at radius 3 is 2.56 bits per heavy atom. The summed E-state index contributed by atoms with van der Waals surface area (Å²) in [7, 11) is 0. The molecule has 98 valence electrons. The van der Waals surface area contributed by atoms with Crippen LogP contribution in [-0.2, 0) is 4.79 Å². The van der Waals surface area contributed by atoms with E-state index in [0.717, 1.165) is 6.42 Å². The van der Waals surface area contributed by atoms with Gasteiger partial charge in [-0.3, -0.25) is 14.9 Å². The minimum Gasteiger partial charge on any atom is -0.484 e. The van der Waals surface area contributed by atoms with E-state index < -0.39 is 4.92 Å². The SMILES string of the molecule is CCC(C)NC(=O)COc1ccc([N+](=O)[O-])cc1. The van der Waals surface area contributed by atoms with Crippen molar-refractivity contribution >= 4 is 11.6 Å². The highest BCUT2D eigenvalue weighted by atomic mass is 16.6. The first-order valence-electron chi connectivity index (χ1n) is 5.69. The molecule has 1 aromatic carbocycles. The van der Waals surface area contributed by atoms with Crippen LogP contribution < -0.4 is 10.1 Å². The van der Waals surface area contributed by atoms with Gasteiger partial charge in [0.1, 0.15) is 5.75 Å². The van der Waals surface area contributed by atoms with Gasteiger partial charge in [0.25, 0.3) is 11.6 Å². The minimum absolute atomic E-state index is 0.00796. The molecule has 1 aromatic rings. The molecule has 0 aliphatic carbocycles. The largest absolute Gasteiger partial charge is 0.484 e. The Balaban J connectivity index is 2.44. The molecular formula is C12H16N2O4. The van der Waals surface area contributed by atoms with Crippen molar-refractivity contribution in [3.8, 4) is 5.75 Å². The van der Waals surface area contributed by atoms with Crippen molar-refractivity contribution in [2.45, 2.75) is 26.3 Å². The fourth-order valence-electron chi connectivity index (χ4n) is 1.23. The molecule has 0 saturated heterocycles. The predicted molar refractivity (Wildman–Crippen MR) is 66.5 cm³/mol. The second-order valence-corrected chi connectivity index (χ2v) is 3.92. The first kappa shape index (κ1) is 14.0. The number of non-ortho nitro benzene ring substituents is 1. The summed E-state index contributed by atoms with van der Waals surface area (Å²) in [5, 5.41) is 13.2. The molecular weight excluding hydrogens is 236 g/mol. The quantitative estimate of drug-likeness (QED) is 0.619. The second kappa shape index (κ2) is 6.58. The topological polar surface area (TPSA) is 81.5 Å². The van der Waals surface area contributed by atoms with Crippen molar-refractivity contribution in [2.24, 2.45) is 0 Å². The lowest BCUT2D eigenvalue weighted by molar-refractivity contribution is -0.384. The number of amides is 1. The highest BCUT2D eigenvalue weighted by Crippen LogP contribution is 2.16. The van der Waals surface area contributed by atoms with Crippen LogP contribution in [0.15, 0.2) is 24.3 Å². The van der Waals surface area contributed by atoms with Crippen LogP contribution in [0, 0.1) is 10.1 Å². The number of hydrogen-bond acceptors (Lipinski definition) is 4. The first-order valence-corrected chi connectivity index (χ1v) is 5.69. The Labute approximate surface area is 105 Å². The molecule has 0 bridgehead atoms. The number of hydrogen-bond donors (Lipinski definition) is 1. The molecule has 1 amide bonds. The average Bonchev–Trinajstić information content (AvgIpc) is 2.36. The van der Waals surface area contributed by atoms with Gasteiger partial charge in [0.05, 0.1) is 4.92 Å². The van der Waals surface area contributed by atoms with Crippen molar-refractivity contribution in [1.82, 2.24) is 5.32 Å². The standard InChI is InChI=1S/C12H16N2O4/c1-3-9(2)13-12(15)8-18-11-6-4-10(5-7-11)14(16)17/h4-7,9H,3,8H2,1-2H3,(H,13,15). The van der Waals surface area contributed by atoms with Gasteiger partial charge in [0.2, 0.25) is 0 Å². The number of rotatable bonds is 6. The summed E-state index contributed by atoms with van der Waals surface area (Å²) in [5.41, 5.74) is -0.00796. The maximum Gasteiger partial charge on any atom is 0.269 e. The fourth-order valence-corrected chi connectivity index (χ4v) is 1.23. The molecule has 0 aliphatic heterocycles. The molecule has 6 nitrogen and oxygen atoms in total. The van der Waals surface area contributed by atoms with Crippen LogP contribution in [0.4, 0.5) is 5.69 Å². The fraction of sp³-hybridized carbons (Fsp3) is 0.417. The zero-order valence-electron chi connectivity index (χ0n) is 10.4. The number of carbonyl (C=O) groups is 1. The van der Waals surface area contributed by atoms with Crippen molar-refractivity contribution < 1.29 is 14.5 Å². The lowest BCUT2D eigenvalue weighted by atomic mass is 10.2. The van der Waals surface area contributed by atoms with E-state index in [1.165, 1.54) is 24.3 Å². The molecule has 1 unspecified atom stereocenters. The lowest BCUT2D eigenvalue weighted by Crippen LogP contribution is -2.35. The van der Waals surface area contributed by atoms with Crippen molar-refractivity contribution in [1.29, 1.82) is 0 Å². The van der Waals surface area contributed by atoms with Crippen LogP contribution in [0.2, 0.25) is 0 Å². The lowest BCUT2D eigenvalue weighted by Gasteiger charge is -2.11. The summed E-state index contributed by atoms with van der Waals surface area (Å²) in [4.78, 5) is 21.4. The van der Waals surface area contributed by atoms with Gasteiger partial charge < -0.3 is 10.1 Å². The number of nitro groups is 1. The molecule has 1 N–H and O–H groups in total. The summed E-state index contributed by atoms with van der Waals surface area (Å²) < 4.78 is 5.21. The molecule has 18 heavy (non-hydrogen) atoms. The molecule has 0 aromatic heterocycles. The first-order chi connectivity index (χ1) is 8.52. The van der Waals surface area contributed by atoms with Crippen LogP contribution in [0.25, 0.3) is 0 Å². The number of nitrogens with zero attached hydrogens (tertiary/aromatic N) is 1. The van der Waals surface area contributed by atoms with E-state index in [0.29, 0.717) is 5.75 Å². The van der Waals surface area contributed by atoms with E-state index in [1.807, 2.05) is 13.8 Å². The van der Waals surface area contributed by atoms with E-state index in [4.69, 9.17) is 4.74 Å². The second-order valence-electron chi connectivity index (χ2n) is 3.92. The monoisotopic (exact) mass is 252 g/mol. The smallest absolute Gasteiger partial charge is 0.269 e. The van der Waals surface area contributed by atoms with Gasteiger partial charge in [-0.05, 0) is 25.5 Å². The third-order valence-corrected chi connectivity index (χ3v) is 2.44. The van der Waals surface area contributed by atoms with E-state index in [1.54, 1.807) is 0 Å². The molecule has 0 heterocycles. The van der Waals surface area contributed by atoms with Gasteiger partial charge in [-0.1, -0.05) is 6.92 Å². The van der Waals surface area contributed by atoms with Crippen LogP contribution in [-0.4, -0.2) is 23.5 Å². The van der Waals surface area contributed by atoms with Crippen LogP contribution in [0.3, 0.4) is 0 Å². The summed E-state index contributed by atoms with van der Waals surface area (Å²) >= 11 is 0. The zero-order valence-corrected chi connectivity index (χ0v) is 10.4. The molecule has 0 radical (unpaired) electrons. The molecule has 1 atom stereocenters. The van der Waals surface area contributed by atoms with E-state index in [-0.39, 0.29) is 24.2 Å². The normalized spacial score (nSPS) is 11.7. The maximum atomic E-state index is 11.4. The predicted octanol–water partition coefficient (Wildman–Crippen LogP) is 1.89. The Bertz CT molecular complexity index is 417. The Hall–Kier alpha value is -2.11. The highest BCUT2D eigenvalue weighted by molar-refractivity contribution is 5.77. The summed E-state index contributed by atoms with van der Waals surface area (Å²) in [6.45, 7) is 3.79. The number of nitro benzene ring substituents is 1. The minimum atomic E-state index is -0.487. The summed E-state index contributed by atoms with van der Waals surface area (Å²) in [6, 6.07) is 5.71. The highest BCUT2D eigenvalue weighted by Gasteiger charge is 2.08.